The lowest BCUT2D eigenvalue weighted by Crippen LogP contribution is -2.59. The molecule has 2 heterocycles. The molecule has 0 bridgehead atoms. The third kappa shape index (κ3) is 2.94. The average molecular weight is 494 g/mol. The Morgan fingerprint density at radius 1 is 1.19 bits per heavy atom. The molecule has 1 fully saturated rings. The van der Waals surface area contributed by atoms with E-state index in [9.17, 15) is 9.59 Å². The second-order valence-electron chi connectivity index (χ2n) is 5.75. The molecule has 1 amide bonds. The Labute approximate surface area is 185 Å². The molecular formula is C16H11Cl6NO4. The zero-order valence-electron chi connectivity index (χ0n) is 13.5. The van der Waals surface area contributed by atoms with Crippen LogP contribution >= 0.6 is 69.6 Å². The van der Waals surface area contributed by atoms with E-state index in [1.54, 1.807) is 25.2 Å². The second-order valence-corrected chi connectivity index (χ2v) is 8.65. The highest BCUT2D eigenvalue weighted by molar-refractivity contribution is 6.61. The van der Waals surface area contributed by atoms with Crippen molar-refractivity contribution in [1.29, 1.82) is 0 Å². The summed E-state index contributed by atoms with van der Waals surface area (Å²) in [5.41, 5.74) is -2.15. The first-order chi connectivity index (χ1) is 12.6. The van der Waals surface area contributed by atoms with Gasteiger partial charge in [-0.3, -0.25) is 9.69 Å². The Morgan fingerprint density at radius 3 is 2.48 bits per heavy atom. The van der Waals surface area contributed by atoms with Gasteiger partial charge in [-0.2, -0.15) is 0 Å². The molecule has 3 rings (SSSR count). The van der Waals surface area contributed by atoms with Crippen molar-refractivity contribution < 1.29 is 19.1 Å². The summed E-state index contributed by atoms with van der Waals surface area (Å²) < 4.78 is 8.90. The van der Waals surface area contributed by atoms with Gasteiger partial charge in [0.15, 0.2) is 4.33 Å². The fraction of sp³-hybridized carbons (Fsp3) is 0.375. The molecule has 0 unspecified atom stereocenters. The van der Waals surface area contributed by atoms with Crippen LogP contribution in [0.5, 0.6) is 0 Å². The summed E-state index contributed by atoms with van der Waals surface area (Å²) in [5.74, 6) is -0.858. The number of hydrogen-bond donors (Lipinski definition) is 0. The maximum atomic E-state index is 13.0. The Bertz CT molecular complexity index is 833. The number of rotatable bonds is 1. The molecule has 0 radical (unpaired) electrons. The highest BCUT2D eigenvalue weighted by Crippen LogP contribution is 2.59. The third-order valence-electron chi connectivity index (χ3n) is 4.31. The molecule has 0 aromatic rings. The number of fused-ring (bicyclic) bond motifs is 1. The van der Waals surface area contributed by atoms with E-state index >= 15 is 0 Å². The smallest absolute Gasteiger partial charge is 0.414 e. The first kappa shape index (κ1) is 21.3. The minimum absolute atomic E-state index is 0.118. The van der Waals surface area contributed by atoms with Crippen LogP contribution in [0.1, 0.15) is 6.92 Å². The molecule has 5 nitrogen and oxygen atoms in total. The molecular weight excluding hydrogens is 483 g/mol. The number of nitrogens with zero attached hydrogens (tertiary/aromatic N) is 1. The normalized spacial score (nSPS) is 32.3. The van der Waals surface area contributed by atoms with Gasteiger partial charge >= 0.3 is 6.09 Å². The van der Waals surface area contributed by atoms with Gasteiger partial charge in [-0.25, -0.2) is 4.79 Å². The van der Waals surface area contributed by atoms with Crippen LogP contribution in [0.15, 0.2) is 44.6 Å². The average Bonchev–Trinajstić information content (AvgIpc) is 2.76. The van der Waals surface area contributed by atoms with Crippen LogP contribution in [0.2, 0.25) is 0 Å². The quantitative estimate of drug-likeness (QED) is 0.473. The van der Waals surface area contributed by atoms with E-state index in [1.807, 2.05) is 0 Å². The van der Waals surface area contributed by atoms with Crippen LogP contribution in [0.4, 0.5) is 4.79 Å². The number of Topliss-reactive ketones (excluding diaryl/α,β-unsaturated/α-hetero) is 1. The van der Waals surface area contributed by atoms with Crippen molar-refractivity contribution >= 4 is 81.5 Å². The van der Waals surface area contributed by atoms with Gasteiger partial charge in [-0.05, 0) is 13.0 Å². The third-order valence-corrected chi connectivity index (χ3v) is 7.15. The number of halogens is 6. The maximum absolute atomic E-state index is 13.0. The zero-order valence-corrected chi connectivity index (χ0v) is 18.1. The minimum Gasteiger partial charge on any atom is -0.449 e. The molecule has 1 aliphatic carbocycles. The summed E-state index contributed by atoms with van der Waals surface area (Å²) in [6.45, 7) is 1.76. The molecule has 3 atom stereocenters. The molecule has 0 aromatic carbocycles. The van der Waals surface area contributed by atoms with Crippen molar-refractivity contribution in [2.45, 2.75) is 29.0 Å². The molecule has 0 aromatic heterocycles. The van der Waals surface area contributed by atoms with E-state index in [0.717, 1.165) is 4.90 Å². The van der Waals surface area contributed by atoms with Gasteiger partial charge in [0.05, 0.1) is 21.7 Å². The molecule has 146 valence electrons. The Kier molecular flexibility index (Phi) is 5.88. The van der Waals surface area contributed by atoms with Crippen LogP contribution in [-0.4, -0.2) is 45.5 Å². The number of carbonyl (C=O) groups is 2. The number of ketones is 1. The maximum Gasteiger partial charge on any atom is 0.414 e. The SMILES string of the molecule is CCOC(=O)N1C=CC=C[C@@H]2O[C@]3(C(=O)C(Cl)=C(Cl)C(Cl)=C3Cl)C(Cl)(Cl)[C@@H]21. The van der Waals surface area contributed by atoms with Gasteiger partial charge in [0, 0.05) is 6.20 Å². The van der Waals surface area contributed by atoms with E-state index in [1.165, 1.54) is 6.20 Å². The second kappa shape index (κ2) is 7.45. The standard InChI is InChI=1S/C16H11Cl6NO4/c1-2-26-14(25)23-6-4-3-5-7-12(23)16(21,22)15(27-7)11(20)9(18)8(17)10(19)13(15)24/h3-7,12H,2H2,1H3/t7-,12+,15+/m0/s1. The highest BCUT2D eigenvalue weighted by Gasteiger charge is 2.73. The topological polar surface area (TPSA) is 55.8 Å². The van der Waals surface area contributed by atoms with Gasteiger partial charge < -0.3 is 9.47 Å². The molecule has 11 heteroatoms. The van der Waals surface area contributed by atoms with Crippen LogP contribution < -0.4 is 0 Å². The summed E-state index contributed by atoms with van der Waals surface area (Å²) >= 11 is 37.8. The fourth-order valence-electron chi connectivity index (χ4n) is 3.12. The number of alkyl halides is 2. The molecule has 3 aliphatic rings. The van der Waals surface area contributed by atoms with Gasteiger partial charge in [-0.15, -0.1) is 0 Å². The van der Waals surface area contributed by atoms with Crippen LogP contribution in [0, 0.1) is 0 Å². The van der Waals surface area contributed by atoms with Gasteiger partial charge in [0.2, 0.25) is 11.4 Å². The van der Waals surface area contributed by atoms with Gasteiger partial charge in [0.25, 0.3) is 0 Å². The largest absolute Gasteiger partial charge is 0.449 e. The number of amides is 1. The highest BCUT2D eigenvalue weighted by atomic mass is 35.5. The molecule has 0 N–H and O–H groups in total. The lowest BCUT2D eigenvalue weighted by Gasteiger charge is -2.40. The van der Waals surface area contributed by atoms with E-state index in [-0.39, 0.29) is 21.7 Å². The van der Waals surface area contributed by atoms with Crippen molar-refractivity contribution in [3.05, 3.63) is 44.6 Å². The van der Waals surface area contributed by atoms with Crippen molar-refractivity contribution in [3.8, 4) is 0 Å². The predicted octanol–water partition coefficient (Wildman–Crippen LogP) is 5.17. The molecule has 1 spiro atoms. The summed E-state index contributed by atoms with van der Waals surface area (Å²) in [4.78, 5) is 26.6. The number of allylic oxidation sites excluding steroid dienone is 4. The first-order valence-electron chi connectivity index (χ1n) is 7.63. The van der Waals surface area contributed by atoms with Crippen molar-refractivity contribution in [3.63, 3.8) is 0 Å². The monoisotopic (exact) mass is 491 g/mol. The Balaban J connectivity index is 2.18. The van der Waals surface area contributed by atoms with E-state index in [2.05, 4.69) is 0 Å². The lowest BCUT2D eigenvalue weighted by atomic mass is 9.86. The van der Waals surface area contributed by atoms with Crippen LogP contribution in [0.25, 0.3) is 0 Å². The number of hydrogen-bond acceptors (Lipinski definition) is 4. The zero-order chi connectivity index (χ0) is 20.1. The van der Waals surface area contributed by atoms with E-state index < -0.39 is 39.0 Å². The molecule has 27 heavy (non-hydrogen) atoms. The van der Waals surface area contributed by atoms with E-state index in [0.29, 0.717) is 0 Å². The summed E-state index contributed by atoms with van der Waals surface area (Å²) in [5, 5.41) is -1.19. The van der Waals surface area contributed by atoms with Crippen molar-refractivity contribution in [2.24, 2.45) is 0 Å². The summed E-state index contributed by atoms with van der Waals surface area (Å²) in [7, 11) is 0. The number of carbonyl (C=O) groups excluding carboxylic acids is 2. The fourth-order valence-corrected chi connectivity index (χ4v) is 5.24. The Hall–Kier alpha value is -0.400. The van der Waals surface area contributed by atoms with Crippen LogP contribution in [-0.2, 0) is 14.3 Å². The van der Waals surface area contributed by atoms with Gasteiger partial charge in [-0.1, -0.05) is 81.8 Å². The van der Waals surface area contributed by atoms with Crippen LogP contribution in [0.3, 0.4) is 0 Å². The predicted molar refractivity (Wildman–Crippen MR) is 105 cm³/mol. The minimum atomic E-state index is -2.15. The summed E-state index contributed by atoms with van der Waals surface area (Å²) in [6.07, 6.45) is 4.53. The van der Waals surface area contributed by atoms with E-state index in [4.69, 9.17) is 79.1 Å². The van der Waals surface area contributed by atoms with Crippen molar-refractivity contribution in [2.75, 3.05) is 6.61 Å². The lowest BCUT2D eigenvalue weighted by molar-refractivity contribution is -0.132. The van der Waals surface area contributed by atoms with Gasteiger partial charge in [0.1, 0.15) is 17.2 Å². The Morgan fingerprint density at radius 2 is 1.85 bits per heavy atom. The number of ether oxygens (including phenoxy) is 2. The van der Waals surface area contributed by atoms with Crippen molar-refractivity contribution in [1.82, 2.24) is 4.90 Å². The molecule has 0 saturated carbocycles. The molecule has 1 saturated heterocycles. The molecule has 2 aliphatic heterocycles. The summed E-state index contributed by atoms with van der Waals surface area (Å²) in [6, 6.07) is -1.07. The first-order valence-corrected chi connectivity index (χ1v) is 9.90.